The van der Waals surface area contributed by atoms with Gasteiger partial charge in [-0.05, 0) is 12.5 Å². The van der Waals surface area contributed by atoms with Crippen LogP contribution >= 0.6 is 0 Å². The topological polar surface area (TPSA) is 84.3 Å². The minimum atomic E-state index is -4.38. The Morgan fingerprint density at radius 1 is 1.38 bits per heavy atom. The normalized spacial score (nSPS) is 11.2. The summed E-state index contributed by atoms with van der Waals surface area (Å²) in [5, 5.41) is 15.1. The fourth-order valence-corrected chi connectivity index (χ4v) is 1.63. The van der Waals surface area contributed by atoms with Gasteiger partial charge in [-0.2, -0.15) is 13.2 Å². The van der Waals surface area contributed by atoms with Crippen molar-refractivity contribution in [1.82, 2.24) is 10.6 Å². The van der Waals surface area contributed by atoms with Gasteiger partial charge in [0.25, 0.3) is 5.69 Å². The Kier molecular flexibility index (Phi) is 5.65. The summed E-state index contributed by atoms with van der Waals surface area (Å²) in [7, 11) is 0. The van der Waals surface area contributed by atoms with Crippen molar-refractivity contribution in [1.29, 1.82) is 0 Å². The van der Waals surface area contributed by atoms with Gasteiger partial charge in [0.15, 0.2) is 0 Å². The van der Waals surface area contributed by atoms with Crippen molar-refractivity contribution >= 4 is 11.6 Å². The molecule has 0 saturated carbocycles. The van der Waals surface area contributed by atoms with E-state index in [1.54, 1.807) is 13.0 Å². The number of alkyl halides is 3. The number of carbonyl (C=O) groups is 1. The Hall–Kier alpha value is -2.16. The van der Waals surface area contributed by atoms with E-state index in [1.807, 2.05) is 5.32 Å². The van der Waals surface area contributed by atoms with Gasteiger partial charge in [0, 0.05) is 18.2 Å². The zero-order chi connectivity index (χ0) is 16.0. The Morgan fingerprint density at radius 2 is 2.05 bits per heavy atom. The van der Waals surface area contributed by atoms with Gasteiger partial charge in [0.2, 0.25) is 5.91 Å². The molecule has 0 aliphatic heterocycles. The van der Waals surface area contributed by atoms with Crippen LogP contribution in [0.25, 0.3) is 0 Å². The van der Waals surface area contributed by atoms with Crippen molar-refractivity contribution in [3.05, 3.63) is 39.4 Å². The molecule has 21 heavy (non-hydrogen) atoms. The van der Waals surface area contributed by atoms with Crippen LogP contribution in [0, 0.1) is 17.0 Å². The lowest BCUT2D eigenvalue weighted by Gasteiger charge is -2.10. The predicted octanol–water partition coefficient (Wildman–Crippen LogP) is 1.67. The molecule has 0 bridgehead atoms. The highest BCUT2D eigenvalue weighted by molar-refractivity contribution is 5.78. The molecule has 0 aromatic heterocycles. The number of halogens is 3. The standard InChI is InChI=1S/C12H14F3N3O3/c1-8-9(3-2-4-10(8)18(20)21)5-17-11(19)6-16-7-12(13,14)15/h2-4,16H,5-7H2,1H3,(H,17,19). The average molecular weight is 305 g/mol. The molecule has 0 aliphatic carbocycles. The summed E-state index contributed by atoms with van der Waals surface area (Å²) in [5.74, 6) is -0.620. The summed E-state index contributed by atoms with van der Waals surface area (Å²) in [6, 6.07) is 4.42. The number of nitro benzene ring substituents is 1. The van der Waals surface area contributed by atoms with E-state index in [2.05, 4.69) is 5.32 Å². The summed E-state index contributed by atoms with van der Waals surface area (Å²) in [6.07, 6.45) is -4.38. The molecule has 0 heterocycles. The first-order valence-corrected chi connectivity index (χ1v) is 5.98. The van der Waals surface area contributed by atoms with Crippen molar-refractivity contribution in [2.24, 2.45) is 0 Å². The summed E-state index contributed by atoms with van der Waals surface area (Å²) >= 11 is 0. The third-order valence-corrected chi connectivity index (χ3v) is 2.70. The van der Waals surface area contributed by atoms with Crippen LogP contribution in [-0.4, -0.2) is 30.1 Å². The van der Waals surface area contributed by atoms with E-state index >= 15 is 0 Å². The van der Waals surface area contributed by atoms with E-state index in [4.69, 9.17) is 0 Å². The Morgan fingerprint density at radius 3 is 2.62 bits per heavy atom. The van der Waals surface area contributed by atoms with E-state index in [0.717, 1.165) is 0 Å². The first-order chi connectivity index (χ1) is 9.70. The number of hydrogen-bond acceptors (Lipinski definition) is 4. The van der Waals surface area contributed by atoms with Gasteiger partial charge < -0.3 is 10.6 Å². The number of benzene rings is 1. The molecule has 6 nitrogen and oxygen atoms in total. The van der Waals surface area contributed by atoms with Crippen LogP contribution in [0.4, 0.5) is 18.9 Å². The van der Waals surface area contributed by atoms with E-state index in [-0.39, 0.29) is 12.2 Å². The lowest BCUT2D eigenvalue weighted by molar-refractivity contribution is -0.385. The molecule has 1 aromatic carbocycles. The van der Waals surface area contributed by atoms with Gasteiger partial charge in [-0.15, -0.1) is 0 Å². The molecule has 0 unspecified atom stereocenters. The lowest BCUT2D eigenvalue weighted by Crippen LogP contribution is -2.38. The maximum absolute atomic E-state index is 11.9. The van der Waals surface area contributed by atoms with Crippen molar-refractivity contribution < 1.29 is 22.9 Å². The summed E-state index contributed by atoms with van der Waals surface area (Å²) in [5.41, 5.74) is 0.872. The number of amides is 1. The van der Waals surface area contributed by atoms with Crippen molar-refractivity contribution in [3.63, 3.8) is 0 Å². The van der Waals surface area contributed by atoms with Crippen LogP contribution in [0.5, 0.6) is 0 Å². The predicted molar refractivity (Wildman–Crippen MR) is 68.6 cm³/mol. The third kappa shape index (κ3) is 5.78. The largest absolute Gasteiger partial charge is 0.401 e. The first-order valence-electron chi connectivity index (χ1n) is 5.98. The molecule has 9 heteroatoms. The molecule has 1 aromatic rings. The fraction of sp³-hybridized carbons (Fsp3) is 0.417. The maximum atomic E-state index is 11.9. The van der Waals surface area contributed by atoms with Gasteiger partial charge in [0.1, 0.15) is 0 Å². The highest BCUT2D eigenvalue weighted by Crippen LogP contribution is 2.20. The number of nitrogens with zero attached hydrogens (tertiary/aromatic N) is 1. The summed E-state index contributed by atoms with van der Waals surface area (Å²) in [4.78, 5) is 21.6. The average Bonchev–Trinajstić information content (AvgIpc) is 2.35. The van der Waals surface area contributed by atoms with Crippen LogP contribution < -0.4 is 10.6 Å². The van der Waals surface area contributed by atoms with Crippen molar-refractivity contribution in [3.8, 4) is 0 Å². The van der Waals surface area contributed by atoms with Crippen LogP contribution in [0.15, 0.2) is 18.2 Å². The molecular formula is C12H14F3N3O3. The quantitative estimate of drug-likeness (QED) is 0.618. The minimum Gasteiger partial charge on any atom is -0.351 e. The molecule has 0 fully saturated rings. The number of hydrogen-bond donors (Lipinski definition) is 2. The lowest BCUT2D eigenvalue weighted by atomic mass is 10.1. The molecule has 2 N–H and O–H groups in total. The van der Waals surface area contributed by atoms with Crippen molar-refractivity contribution in [2.45, 2.75) is 19.6 Å². The Bertz CT molecular complexity index is 532. The zero-order valence-corrected chi connectivity index (χ0v) is 11.2. The van der Waals surface area contributed by atoms with Crippen LogP contribution in [-0.2, 0) is 11.3 Å². The number of carbonyl (C=O) groups excluding carboxylic acids is 1. The first kappa shape index (κ1) is 16.9. The van der Waals surface area contributed by atoms with Gasteiger partial charge in [-0.25, -0.2) is 0 Å². The number of nitrogens with one attached hydrogen (secondary N) is 2. The molecule has 0 saturated heterocycles. The second-order valence-corrected chi connectivity index (χ2v) is 4.31. The fourth-order valence-electron chi connectivity index (χ4n) is 1.63. The molecule has 0 radical (unpaired) electrons. The molecule has 0 spiro atoms. The molecule has 0 aliphatic rings. The SMILES string of the molecule is Cc1c(CNC(=O)CNCC(F)(F)F)cccc1[N+](=O)[O-]. The Labute approximate surface area is 118 Å². The minimum absolute atomic E-state index is 0.0139. The van der Waals surface area contributed by atoms with Gasteiger partial charge in [-0.3, -0.25) is 14.9 Å². The highest BCUT2D eigenvalue weighted by Gasteiger charge is 2.26. The second kappa shape index (κ2) is 7.02. The molecule has 1 amide bonds. The van der Waals surface area contributed by atoms with E-state index in [0.29, 0.717) is 11.1 Å². The van der Waals surface area contributed by atoms with Gasteiger partial charge in [0.05, 0.1) is 18.0 Å². The van der Waals surface area contributed by atoms with Crippen LogP contribution in [0.1, 0.15) is 11.1 Å². The Balaban J connectivity index is 2.50. The summed E-state index contributed by atoms with van der Waals surface area (Å²) < 4.78 is 35.6. The third-order valence-electron chi connectivity index (χ3n) is 2.70. The smallest absolute Gasteiger partial charge is 0.351 e. The molecule has 116 valence electrons. The maximum Gasteiger partial charge on any atom is 0.401 e. The highest BCUT2D eigenvalue weighted by atomic mass is 19.4. The zero-order valence-electron chi connectivity index (χ0n) is 11.2. The molecular weight excluding hydrogens is 291 g/mol. The monoisotopic (exact) mass is 305 g/mol. The van der Waals surface area contributed by atoms with Crippen LogP contribution in [0.3, 0.4) is 0 Å². The molecule has 0 atom stereocenters. The van der Waals surface area contributed by atoms with Crippen LogP contribution in [0.2, 0.25) is 0 Å². The van der Waals surface area contributed by atoms with Gasteiger partial charge in [-0.1, -0.05) is 12.1 Å². The number of rotatable bonds is 6. The second-order valence-electron chi connectivity index (χ2n) is 4.31. The van der Waals surface area contributed by atoms with E-state index in [9.17, 15) is 28.1 Å². The van der Waals surface area contributed by atoms with Crippen molar-refractivity contribution in [2.75, 3.05) is 13.1 Å². The number of nitro groups is 1. The summed E-state index contributed by atoms with van der Waals surface area (Å²) in [6.45, 7) is -0.175. The molecule has 1 rings (SSSR count). The van der Waals surface area contributed by atoms with Gasteiger partial charge >= 0.3 is 6.18 Å². The van der Waals surface area contributed by atoms with E-state index < -0.39 is 30.1 Å². The van der Waals surface area contributed by atoms with E-state index in [1.165, 1.54) is 12.1 Å².